The molecule has 0 radical (unpaired) electrons. The van der Waals surface area contributed by atoms with Gasteiger partial charge in [0, 0.05) is 6.42 Å². The molecule has 0 fully saturated rings. The molecule has 0 aliphatic rings. The topological polar surface area (TPSA) is 48.7 Å². The lowest BCUT2D eigenvalue weighted by molar-refractivity contribution is -0.146. The van der Waals surface area contributed by atoms with E-state index in [9.17, 15) is 4.79 Å². The lowest BCUT2D eigenvalue weighted by Crippen LogP contribution is -2.20. The van der Waals surface area contributed by atoms with Gasteiger partial charge in [-0.15, -0.1) is 0 Å². The number of benzene rings is 1. The summed E-state index contributed by atoms with van der Waals surface area (Å²) in [4.78, 5) is 12.5. The van der Waals surface area contributed by atoms with Crippen LogP contribution in [0.4, 0.5) is 0 Å². The molecule has 0 amide bonds. The van der Waals surface area contributed by atoms with Crippen LogP contribution in [0.1, 0.15) is 44.7 Å². The van der Waals surface area contributed by atoms with E-state index in [1.165, 1.54) is 11.1 Å². The van der Waals surface area contributed by atoms with E-state index >= 15 is 0 Å². The van der Waals surface area contributed by atoms with Crippen LogP contribution in [0.25, 0.3) is 0 Å². The number of methoxy groups -OCH3 is 1. The summed E-state index contributed by atoms with van der Waals surface area (Å²) in [6.45, 7) is 6.13. The molecule has 0 saturated heterocycles. The van der Waals surface area contributed by atoms with E-state index in [-0.39, 0.29) is 18.5 Å². The lowest BCUT2D eigenvalue weighted by Gasteiger charge is -2.18. The van der Waals surface area contributed by atoms with Crippen molar-refractivity contribution in [2.45, 2.75) is 52.6 Å². The van der Waals surface area contributed by atoms with Gasteiger partial charge in [-0.1, -0.05) is 29.9 Å². The Morgan fingerprint density at radius 2 is 1.82 bits per heavy atom. The molecule has 0 saturated carbocycles. The van der Waals surface area contributed by atoms with Crippen molar-refractivity contribution in [1.82, 2.24) is 0 Å². The van der Waals surface area contributed by atoms with Gasteiger partial charge in [-0.05, 0) is 68.5 Å². The molecule has 0 spiro atoms. The average Bonchev–Trinajstić information content (AvgIpc) is 3.19. The maximum Gasteiger partial charge on any atom is 0.310 e. The highest BCUT2D eigenvalue weighted by molar-refractivity contribution is 5.73. The molecular weight excluding hydrogens is 352 g/mol. The minimum absolute atomic E-state index is 0.222. The number of ether oxygens (including phenoxy) is 2. The quantitative estimate of drug-likeness (QED) is 0.392. The van der Waals surface area contributed by atoms with E-state index in [2.05, 4.69) is 12.2 Å². The van der Waals surface area contributed by atoms with Crippen molar-refractivity contribution in [1.29, 1.82) is 0 Å². The number of rotatable bonds is 10. The third kappa shape index (κ3) is 7.47. The van der Waals surface area contributed by atoms with Crippen molar-refractivity contribution in [3.05, 3.63) is 77.3 Å². The Kier molecular flexibility index (Phi) is 8.60. The first-order valence-electron chi connectivity index (χ1n) is 9.61. The van der Waals surface area contributed by atoms with Crippen LogP contribution in [-0.2, 0) is 22.4 Å². The van der Waals surface area contributed by atoms with E-state index in [4.69, 9.17) is 13.9 Å². The molecule has 4 nitrogen and oxygen atoms in total. The first kappa shape index (κ1) is 21.5. The predicted octanol–water partition coefficient (Wildman–Crippen LogP) is 5.68. The highest BCUT2D eigenvalue weighted by Crippen LogP contribution is 2.17. The Labute approximate surface area is 167 Å². The summed E-state index contributed by atoms with van der Waals surface area (Å²) in [5, 5.41) is 0. The molecule has 0 aliphatic carbocycles. The van der Waals surface area contributed by atoms with Gasteiger partial charge in [0.1, 0.15) is 11.9 Å². The summed E-state index contributed by atoms with van der Waals surface area (Å²) >= 11 is 0. The summed E-state index contributed by atoms with van der Waals surface area (Å²) in [6.07, 6.45) is 10.2. The SMILES string of the molecule is COc1ccc(CC(=O)O[C@H](CC=C(C)C)/C(C)=C/CCc2ccoc2)cc1. The minimum Gasteiger partial charge on any atom is -0.497 e. The van der Waals surface area contributed by atoms with Crippen LogP contribution in [0.2, 0.25) is 0 Å². The van der Waals surface area contributed by atoms with Gasteiger partial charge in [-0.3, -0.25) is 4.79 Å². The zero-order valence-electron chi connectivity index (χ0n) is 17.2. The molecule has 0 bridgehead atoms. The van der Waals surface area contributed by atoms with E-state index in [1.54, 1.807) is 19.6 Å². The predicted molar refractivity (Wildman–Crippen MR) is 111 cm³/mol. The first-order chi connectivity index (χ1) is 13.5. The Bertz CT molecular complexity index is 779. The summed E-state index contributed by atoms with van der Waals surface area (Å²) in [5.74, 6) is 0.551. The van der Waals surface area contributed by atoms with Gasteiger partial charge in [0.05, 0.1) is 26.1 Å². The third-order valence-electron chi connectivity index (χ3n) is 4.51. The Morgan fingerprint density at radius 3 is 2.43 bits per heavy atom. The number of carbonyl (C=O) groups excluding carboxylic acids is 1. The third-order valence-corrected chi connectivity index (χ3v) is 4.51. The van der Waals surface area contributed by atoms with Crippen LogP contribution in [-0.4, -0.2) is 19.2 Å². The first-order valence-corrected chi connectivity index (χ1v) is 9.61. The van der Waals surface area contributed by atoms with Gasteiger partial charge in [-0.25, -0.2) is 0 Å². The van der Waals surface area contributed by atoms with Gasteiger partial charge in [0.2, 0.25) is 0 Å². The molecule has 4 heteroatoms. The molecular formula is C24H30O4. The molecule has 1 atom stereocenters. The van der Waals surface area contributed by atoms with E-state index < -0.39 is 0 Å². The summed E-state index contributed by atoms with van der Waals surface area (Å²) in [6, 6.07) is 9.45. The molecule has 0 N–H and O–H groups in total. The van der Waals surface area contributed by atoms with Gasteiger partial charge in [0.15, 0.2) is 0 Å². The number of hydrogen-bond acceptors (Lipinski definition) is 4. The highest BCUT2D eigenvalue weighted by Gasteiger charge is 2.16. The highest BCUT2D eigenvalue weighted by atomic mass is 16.5. The summed E-state index contributed by atoms with van der Waals surface area (Å²) in [7, 11) is 1.62. The van der Waals surface area contributed by atoms with Crippen LogP contribution in [0.15, 0.2) is 70.6 Å². The number of carbonyl (C=O) groups is 1. The van der Waals surface area contributed by atoms with Gasteiger partial charge < -0.3 is 13.9 Å². The monoisotopic (exact) mass is 382 g/mol. The van der Waals surface area contributed by atoms with Crippen molar-refractivity contribution >= 4 is 5.97 Å². The van der Waals surface area contributed by atoms with Crippen molar-refractivity contribution in [2.75, 3.05) is 7.11 Å². The molecule has 2 aromatic rings. The Balaban J connectivity index is 1.97. The zero-order valence-corrected chi connectivity index (χ0v) is 17.2. The number of allylic oxidation sites excluding steroid dienone is 2. The molecule has 2 rings (SSSR count). The normalized spacial score (nSPS) is 12.4. The maximum absolute atomic E-state index is 12.5. The number of hydrogen-bond donors (Lipinski definition) is 0. The molecule has 1 heterocycles. The van der Waals surface area contributed by atoms with Crippen molar-refractivity contribution < 1.29 is 18.7 Å². The van der Waals surface area contributed by atoms with Crippen LogP contribution in [0.3, 0.4) is 0 Å². The number of esters is 1. The fourth-order valence-corrected chi connectivity index (χ4v) is 2.81. The molecule has 28 heavy (non-hydrogen) atoms. The van der Waals surface area contributed by atoms with E-state index in [0.29, 0.717) is 6.42 Å². The van der Waals surface area contributed by atoms with Gasteiger partial charge in [0.25, 0.3) is 0 Å². The second-order valence-corrected chi connectivity index (χ2v) is 7.14. The minimum atomic E-state index is -0.245. The Hall–Kier alpha value is -2.75. The number of furan rings is 1. The van der Waals surface area contributed by atoms with E-state index in [0.717, 1.165) is 29.7 Å². The molecule has 150 valence electrons. The fourth-order valence-electron chi connectivity index (χ4n) is 2.81. The smallest absolute Gasteiger partial charge is 0.310 e. The summed E-state index contributed by atoms with van der Waals surface area (Å²) in [5.41, 5.74) is 4.36. The molecule has 0 unspecified atom stereocenters. The standard InChI is InChI=1S/C24H30O4/c1-18(2)8-13-23(19(3)6-5-7-21-14-15-27-17-21)28-24(25)16-20-9-11-22(26-4)12-10-20/h6,8-12,14-15,17,23H,5,7,13,16H2,1-4H3/b19-6+/t23-/m1/s1. The van der Waals surface area contributed by atoms with Crippen LogP contribution in [0, 0.1) is 0 Å². The second kappa shape index (κ2) is 11.2. The van der Waals surface area contributed by atoms with Crippen LogP contribution >= 0.6 is 0 Å². The average molecular weight is 383 g/mol. The second-order valence-electron chi connectivity index (χ2n) is 7.14. The van der Waals surface area contributed by atoms with Crippen molar-refractivity contribution in [3.63, 3.8) is 0 Å². The molecule has 1 aromatic heterocycles. The van der Waals surface area contributed by atoms with Crippen LogP contribution in [0.5, 0.6) is 5.75 Å². The van der Waals surface area contributed by atoms with Crippen molar-refractivity contribution in [2.24, 2.45) is 0 Å². The summed E-state index contributed by atoms with van der Waals surface area (Å²) < 4.78 is 16.1. The lowest BCUT2D eigenvalue weighted by atomic mass is 10.0. The van der Waals surface area contributed by atoms with Gasteiger partial charge in [-0.2, -0.15) is 0 Å². The zero-order chi connectivity index (χ0) is 20.4. The number of aryl methyl sites for hydroxylation is 1. The molecule has 1 aromatic carbocycles. The van der Waals surface area contributed by atoms with E-state index in [1.807, 2.05) is 51.1 Å². The fraction of sp³-hybridized carbons (Fsp3) is 0.375. The van der Waals surface area contributed by atoms with Crippen LogP contribution < -0.4 is 4.74 Å². The van der Waals surface area contributed by atoms with Gasteiger partial charge >= 0.3 is 5.97 Å². The maximum atomic E-state index is 12.5. The largest absolute Gasteiger partial charge is 0.497 e. The molecule has 0 aliphatic heterocycles. The van der Waals surface area contributed by atoms with Crippen molar-refractivity contribution in [3.8, 4) is 5.75 Å². The Morgan fingerprint density at radius 1 is 1.07 bits per heavy atom.